The number of ether oxygens (including phenoxy) is 1. The van der Waals surface area contributed by atoms with Crippen molar-refractivity contribution in [2.75, 3.05) is 5.32 Å². The van der Waals surface area contributed by atoms with Crippen LogP contribution < -0.4 is 5.32 Å². The zero-order valence-electron chi connectivity index (χ0n) is 13.8. The molecule has 0 heterocycles. The van der Waals surface area contributed by atoms with Crippen LogP contribution in [-0.4, -0.2) is 18.0 Å². The second kappa shape index (κ2) is 8.09. The Kier molecular flexibility index (Phi) is 6.33. The number of aryl methyl sites for hydroxylation is 2. The van der Waals surface area contributed by atoms with Crippen LogP contribution in [0.5, 0.6) is 0 Å². The van der Waals surface area contributed by atoms with Gasteiger partial charge in [0.2, 0.25) is 0 Å². The first-order valence-electron chi connectivity index (χ1n) is 7.42. The lowest BCUT2D eigenvalue weighted by Gasteiger charge is -2.15. The number of nitrogens with one attached hydrogen (secondary N) is 1. The Hall–Kier alpha value is -1.75. The maximum atomic E-state index is 12.3. The van der Waals surface area contributed by atoms with Crippen molar-refractivity contribution in [3.63, 3.8) is 0 Å². The van der Waals surface area contributed by atoms with E-state index in [1.165, 1.54) is 19.1 Å². The normalized spacial score (nSPS) is 11.8. The van der Waals surface area contributed by atoms with Crippen LogP contribution in [-0.2, 0) is 9.53 Å². The van der Waals surface area contributed by atoms with Gasteiger partial charge in [0, 0.05) is 5.02 Å². The van der Waals surface area contributed by atoms with Crippen molar-refractivity contribution in [1.82, 2.24) is 0 Å². The van der Waals surface area contributed by atoms with Gasteiger partial charge in [-0.2, -0.15) is 0 Å². The topological polar surface area (TPSA) is 55.4 Å². The first-order chi connectivity index (χ1) is 11.7. The summed E-state index contributed by atoms with van der Waals surface area (Å²) in [6.07, 6.45) is -1.03. The molecular weight excluding hydrogens is 385 g/mol. The number of esters is 1. The molecule has 0 bridgehead atoms. The minimum Gasteiger partial charge on any atom is -0.449 e. The van der Waals surface area contributed by atoms with Crippen molar-refractivity contribution in [2.24, 2.45) is 0 Å². The molecule has 0 fully saturated rings. The van der Waals surface area contributed by atoms with E-state index >= 15 is 0 Å². The number of rotatable bonds is 4. The molecule has 0 saturated heterocycles. The van der Waals surface area contributed by atoms with Gasteiger partial charge in [-0.1, -0.05) is 52.0 Å². The molecule has 132 valence electrons. The third-order valence-electron chi connectivity index (χ3n) is 3.37. The van der Waals surface area contributed by atoms with Crippen LogP contribution in [0.25, 0.3) is 0 Å². The van der Waals surface area contributed by atoms with E-state index in [9.17, 15) is 9.59 Å². The summed E-state index contributed by atoms with van der Waals surface area (Å²) in [5.41, 5.74) is 2.47. The molecule has 4 nitrogen and oxygen atoms in total. The van der Waals surface area contributed by atoms with Gasteiger partial charge in [0.05, 0.1) is 21.3 Å². The zero-order valence-corrected chi connectivity index (χ0v) is 16.1. The Morgan fingerprint density at radius 3 is 2.00 bits per heavy atom. The molecule has 0 saturated carbocycles. The van der Waals surface area contributed by atoms with E-state index in [4.69, 9.17) is 39.5 Å². The fraction of sp³-hybridized carbons (Fsp3) is 0.222. The van der Waals surface area contributed by atoms with Gasteiger partial charge in [-0.05, 0) is 45.0 Å². The van der Waals surface area contributed by atoms with Crippen molar-refractivity contribution in [2.45, 2.75) is 26.9 Å². The Labute approximate surface area is 161 Å². The van der Waals surface area contributed by atoms with Crippen LogP contribution in [0.2, 0.25) is 15.1 Å². The number of anilines is 1. The second-order valence-corrected chi connectivity index (χ2v) is 6.91. The lowest BCUT2D eigenvalue weighted by atomic mass is 10.1. The predicted molar refractivity (Wildman–Crippen MR) is 101 cm³/mol. The van der Waals surface area contributed by atoms with Crippen LogP contribution in [0.3, 0.4) is 0 Å². The molecule has 0 aliphatic carbocycles. The lowest BCUT2D eigenvalue weighted by molar-refractivity contribution is -0.123. The molecular formula is C18H16Cl3NO3. The average molecular weight is 401 g/mol. The maximum Gasteiger partial charge on any atom is 0.338 e. The summed E-state index contributed by atoms with van der Waals surface area (Å²) in [4.78, 5) is 24.5. The monoisotopic (exact) mass is 399 g/mol. The number of carbonyl (C=O) groups excluding carboxylic acids is 2. The highest BCUT2D eigenvalue weighted by atomic mass is 35.5. The summed E-state index contributed by atoms with van der Waals surface area (Å²) in [6, 6.07) is 8.25. The molecule has 1 atom stereocenters. The molecule has 2 aromatic carbocycles. The molecule has 2 rings (SSSR count). The first kappa shape index (κ1) is 19.6. The van der Waals surface area contributed by atoms with Crippen LogP contribution in [0, 0.1) is 13.8 Å². The van der Waals surface area contributed by atoms with Gasteiger partial charge < -0.3 is 10.1 Å². The van der Waals surface area contributed by atoms with E-state index in [0.29, 0.717) is 10.6 Å². The zero-order chi connectivity index (χ0) is 18.7. The van der Waals surface area contributed by atoms with Gasteiger partial charge in [-0.15, -0.1) is 0 Å². The van der Waals surface area contributed by atoms with Gasteiger partial charge in [-0.3, -0.25) is 4.79 Å². The number of carbonyl (C=O) groups is 2. The summed E-state index contributed by atoms with van der Waals surface area (Å²) >= 11 is 17.9. The van der Waals surface area contributed by atoms with Crippen molar-refractivity contribution >= 4 is 52.4 Å². The molecule has 2 aromatic rings. The summed E-state index contributed by atoms with van der Waals surface area (Å²) < 4.78 is 5.22. The standard InChI is InChI=1S/C18H16Cl3NO3/c1-9-4-10(2)6-12(5-9)18(24)25-11(3)17(23)22-16-14(20)7-13(19)8-15(16)21/h4-8,11H,1-3H3,(H,22,23)/t11-/m1/s1. The van der Waals surface area contributed by atoms with Crippen LogP contribution >= 0.6 is 34.8 Å². The Morgan fingerprint density at radius 1 is 0.960 bits per heavy atom. The van der Waals surface area contributed by atoms with E-state index in [2.05, 4.69) is 5.32 Å². The van der Waals surface area contributed by atoms with Gasteiger partial charge in [0.25, 0.3) is 5.91 Å². The van der Waals surface area contributed by atoms with E-state index in [-0.39, 0.29) is 15.7 Å². The highest BCUT2D eigenvalue weighted by molar-refractivity contribution is 6.42. The van der Waals surface area contributed by atoms with Gasteiger partial charge in [0.1, 0.15) is 0 Å². The van der Waals surface area contributed by atoms with E-state index in [0.717, 1.165) is 11.1 Å². The van der Waals surface area contributed by atoms with Gasteiger partial charge in [-0.25, -0.2) is 4.79 Å². The van der Waals surface area contributed by atoms with E-state index in [1.807, 2.05) is 19.9 Å². The van der Waals surface area contributed by atoms with Gasteiger partial charge in [0.15, 0.2) is 6.10 Å². The van der Waals surface area contributed by atoms with Crippen molar-refractivity contribution in [1.29, 1.82) is 0 Å². The number of benzene rings is 2. The van der Waals surface area contributed by atoms with E-state index < -0.39 is 18.0 Å². The smallest absolute Gasteiger partial charge is 0.338 e. The fourth-order valence-electron chi connectivity index (χ4n) is 2.26. The molecule has 1 N–H and O–H groups in total. The molecule has 7 heteroatoms. The summed E-state index contributed by atoms with van der Waals surface area (Å²) in [6.45, 7) is 5.22. The lowest BCUT2D eigenvalue weighted by Crippen LogP contribution is -2.30. The fourth-order valence-corrected chi connectivity index (χ4v) is 3.17. The maximum absolute atomic E-state index is 12.3. The van der Waals surface area contributed by atoms with Crippen LogP contribution in [0.15, 0.2) is 30.3 Å². The molecule has 0 spiro atoms. The Morgan fingerprint density at radius 2 is 1.48 bits per heavy atom. The molecule has 0 aromatic heterocycles. The Bertz CT molecular complexity index is 793. The molecule has 0 radical (unpaired) electrons. The summed E-state index contributed by atoms with van der Waals surface area (Å²) in [5.74, 6) is -1.13. The summed E-state index contributed by atoms with van der Waals surface area (Å²) in [7, 11) is 0. The number of hydrogen-bond donors (Lipinski definition) is 1. The van der Waals surface area contributed by atoms with Gasteiger partial charge >= 0.3 is 5.97 Å². The highest BCUT2D eigenvalue weighted by Crippen LogP contribution is 2.33. The molecule has 0 aliphatic heterocycles. The quantitative estimate of drug-likeness (QED) is 0.694. The van der Waals surface area contributed by atoms with Crippen LogP contribution in [0.1, 0.15) is 28.4 Å². The third-order valence-corrected chi connectivity index (χ3v) is 4.18. The van der Waals surface area contributed by atoms with E-state index in [1.54, 1.807) is 12.1 Å². The molecule has 0 unspecified atom stereocenters. The minimum absolute atomic E-state index is 0.193. The molecule has 0 aliphatic rings. The summed E-state index contributed by atoms with van der Waals surface area (Å²) in [5, 5.41) is 3.28. The minimum atomic E-state index is -1.03. The average Bonchev–Trinajstić information content (AvgIpc) is 2.49. The largest absolute Gasteiger partial charge is 0.449 e. The highest BCUT2D eigenvalue weighted by Gasteiger charge is 2.21. The second-order valence-electron chi connectivity index (χ2n) is 5.66. The molecule has 1 amide bonds. The molecule has 25 heavy (non-hydrogen) atoms. The predicted octanol–water partition coefficient (Wildman–Crippen LogP) is 5.45. The van der Waals surface area contributed by atoms with Crippen molar-refractivity contribution < 1.29 is 14.3 Å². The SMILES string of the molecule is Cc1cc(C)cc(C(=O)O[C@H](C)C(=O)Nc2c(Cl)cc(Cl)cc2Cl)c1. The first-order valence-corrected chi connectivity index (χ1v) is 8.55. The van der Waals surface area contributed by atoms with Crippen LogP contribution in [0.4, 0.5) is 5.69 Å². The Balaban J connectivity index is 2.09. The van der Waals surface area contributed by atoms with Crippen molar-refractivity contribution in [3.05, 3.63) is 62.1 Å². The van der Waals surface area contributed by atoms with Crippen molar-refractivity contribution in [3.8, 4) is 0 Å². The number of hydrogen-bond acceptors (Lipinski definition) is 3. The third kappa shape index (κ3) is 5.11. The number of halogens is 3. The number of amides is 1.